The van der Waals surface area contributed by atoms with Crippen LogP contribution >= 0.6 is 24.0 Å². The Balaban J connectivity index is 0.00000264. The fourth-order valence-corrected chi connectivity index (χ4v) is 1.89. The van der Waals surface area contributed by atoms with Crippen molar-refractivity contribution in [1.29, 1.82) is 0 Å². The lowest BCUT2D eigenvalue weighted by molar-refractivity contribution is 0.143. The molecule has 130 valence electrons. The van der Waals surface area contributed by atoms with Gasteiger partial charge in [0.15, 0.2) is 5.96 Å². The first-order valence-corrected chi connectivity index (χ1v) is 7.90. The SMILES string of the molecule is CCNC(=NCc1ccc(OCCOC)nc1)NCC1CC1.I. The van der Waals surface area contributed by atoms with Gasteiger partial charge in [0.2, 0.25) is 5.88 Å². The van der Waals surface area contributed by atoms with Gasteiger partial charge >= 0.3 is 0 Å². The van der Waals surface area contributed by atoms with Crippen LogP contribution in [0.25, 0.3) is 0 Å². The topological polar surface area (TPSA) is 67.8 Å². The van der Waals surface area contributed by atoms with Crippen molar-refractivity contribution in [3.05, 3.63) is 23.9 Å². The second kappa shape index (κ2) is 11.4. The lowest BCUT2D eigenvalue weighted by Gasteiger charge is -2.10. The van der Waals surface area contributed by atoms with E-state index in [1.807, 2.05) is 12.1 Å². The molecule has 0 aromatic carbocycles. The van der Waals surface area contributed by atoms with Crippen LogP contribution in [0.2, 0.25) is 0 Å². The number of rotatable bonds is 9. The van der Waals surface area contributed by atoms with Crippen molar-refractivity contribution in [2.45, 2.75) is 26.3 Å². The number of methoxy groups -OCH3 is 1. The van der Waals surface area contributed by atoms with Crippen molar-refractivity contribution in [1.82, 2.24) is 15.6 Å². The van der Waals surface area contributed by atoms with E-state index in [2.05, 4.69) is 27.5 Å². The van der Waals surface area contributed by atoms with E-state index in [1.165, 1.54) is 12.8 Å². The van der Waals surface area contributed by atoms with Gasteiger partial charge in [-0.1, -0.05) is 6.07 Å². The maximum Gasteiger partial charge on any atom is 0.213 e. The molecule has 0 saturated heterocycles. The van der Waals surface area contributed by atoms with Gasteiger partial charge in [0.05, 0.1) is 13.2 Å². The van der Waals surface area contributed by atoms with Crippen molar-refractivity contribution >= 4 is 29.9 Å². The highest BCUT2D eigenvalue weighted by Gasteiger charge is 2.20. The largest absolute Gasteiger partial charge is 0.475 e. The Morgan fingerprint density at radius 2 is 2.13 bits per heavy atom. The summed E-state index contributed by atoms with van der Waals surface area (Å²) in [5, 5.41) is 6.64. The number of nitrogens with zero attached hydrogens (tertiary/aromatic N) is 2. The number of aliphatic imine (C=N–C) groups is 1. The zero-order chi connectivity index (χ0) is 15.6. The summed E-state index contributed by atoms with van der Waals surface area (Å²) in [6.07, 6.45) is 4.47. The lowest BCUT2D eigenvalue weighted by Crippen LogP contribution is -2.38. The summed E-state index contributed by atoms with van der Waals surface area (Å²) in [6, 6.07) is 3.86. The number of ether oxygens (including phenoxy) is 2. The number of hydrogen-bond donors (Lipinski definition) is 2. The van der Waals surface area contributed by atoms with E-state index in [1.54, 1.807) is 13.3 Å². The molecule has 6 nitrogen and oxygen atoms in total. The number of aromatic nitrogens is 1. The van der Waals surface area contributed by atoms with Gasteiger partial charge in [0, 0.05) is 32.5 Å². The first-order valence-electron chi connectivity index (χ1n) is 7.90. The summed E-state index contributed by atoms with van der Waals surface area (Å²) >= 11 is 0. The maximum absolute atomic E-state index is 5.44. The Morgan fingerprint density at radius 1 is 1.30 bits per heavy atom. The third-order valence-electron chi connectivity index (χ3n) is 3.35. The zero-order valence-corrected chi connectivity index (χ0v) is 16.2. The molecule has 1 heterocycles. The van der Waals surface area contributed by atoms with E-state index < -0.39 is 0 Å². The van der Waals surface area contributed by atoms with Crippen molar-refractivity contribution in [3.63, 3.8) is 0 Å². The van der Waals surface area contributed by atoms with Crippen LogP contribution in [0.15, 0.2) is 23.3 Å². The van der Waals surface area contributed by atoms with Crippen LogP contribution in [0.3, 0.4) is 0 Å². The molecule has 1 aliphatic rings. The molecule has 1 aromatic heterocycles. The molecule has 0 amide bonds. The van der Waals surface area contributed by atoms with Gasteiger partial charge in [-0.15, -0.1) is 24.0 Å². The van der Waals surface area contributed by atoms with Crippen molar-refractivity contribution in [2.24, 2.45) is 10.9 Å². The first kappa shape index (κ1) is 20.0. The van der Waals surface area contributed by atoms with E-state index in [4.69, 9.17) is 9.47 Å². The predicted molar refractivity (Wildman–Crippen MR) is 103 cm³/mol. The number of hydrogen-bond acceptors (Lipinski definition) is 4. The molecule has 1 fully saturated rings. The third-order valence-corrected chi connectivity index (χ3v) is 3.35. The van der Waals surface area contributed by atoms with Crippen LogP contribution in [0.1, 0.15) is 25.3 Å². The summed E-state index contributed by atoms with van der Waals surface area (Å²) < 4.78 is 10.4. The Labute approximate surface area is 155 Å². The molecular weight excluding hydrogens is 407 g/mol. The van der Waals surface area contributed by atoms with Gasteiger partial charge in [-0.25, -0.2) is 9.98 Å². The van der Waals surface area contributed by atoms with E-state index in [0.717, 1.165) is 30.5 Å². The Hall–Kier alpha value is -1.09. The number of pyridine rings is 1. The minimum atomic E-state index is 0. The molecule has 1 saturated carbocycles. The van der Waals surface area contributed by atoms with E-state index >= 15 is 0 Å². The van der Waals surface area contributed by atoms with Gasteiger partial charge < -0.3 is 20.1 Å². The molecule has 1 aliphatic carbocycles. The first-order chi connectivity index (χ1) is 10.8. The van der Waals surface area contributed by atoms with Crippen LogP contribution in [0.4, 0.5) is 0 Å². The highest BCUT2D eigenvalue weighted by molar-refractivity contribution is 14.0. The smallest absolute Gasteiger partial charge is 0.213 e. The molecular formula is C16H27IN4O2. The maximum atomic E-state index is 5.44. The van der Waals surface area contributed by atoms with Gasteiger partial charge in [-0.3, -0.25) is 0 Å². The van der Waals surface area contributed by atoms with Crippen LogP contribution in [0.5, 0.6) is 5.88 Å². The van der Waals surface area contributed by atoms with E-state index in [9.17, 15) is 0 Å². The van der Waals surface area contributed by atoms with Gasteiger partial charge in [0.25, 0.3) is 0 Å². The lowest BCUT2D eigenvalue weighted by atomic mass is 10.3. The van der Waals surface area contributed by atoms with Gasteiger partial charge in [-0.2, -0.15) is 0 Å². The molecule has 0 spiro atoms. The monoisotopic (exact) mass is 434 g/mol. The van der Waals surface area contributed by atoms with Crippen LogP contribution in [-0.2, 0) is 11.3 Å². The summed E-state index contributed by atoms with van der Waals surface area (Å²) in [4.78, 5) is 8.85. The van der Waals surface area contributed by atoms with Gasteiger partial charge in [0.1, 0.15) is 6.61 Å². The summed E-state index contributed by atoms with van der Waals surface area (Å²) in [6.45, 7) is 5.62. The second-order valence-corrected chi connectivity index (χ2v) is 5.37. The van der Waals surface area contributed by atoms with Gasteiger partial charge in [-0.05, 0) is 31.2 Å². The minimum Gasteiger partial charge on any atom is -0.475 e. The number of guanidine groups is 1. The molecule has 23 heavy (non-hydrogen) atoms. The van der Waals surface area contributed by atoms with Crippen molar-refractivity contribution < 1.29 is 9.47 Å². The van der Waals surface area contributed by atoms with Crippen LogP contribution < -0.4 is 15.4 Å². The van der Waals surface area contributed by atoms with E-state index in [-0.39, 0.29) is 24.0 Å². The van der Waals surface area contributed by atoms with Crippen molar-refractivity contribution in [2.75, 3.05) is 33.4 Å². The molecule has 0 bridgehead atoms. The highest BCUT2D eigenvalue weighted by Crippen LogP contribution is 2.27. The minimum absolute atomic E-state index is 0. The van der Waals surface area contributed by atoms with Crippen LogP contribution in [0, 0.1) is 5.92 Å². The number of halogens is 1. The molecule has 0 atom stereocenters. The summed E-state index contributed by atoms with van der Waals surface area (Å²) in [5.74, 6) is 2.31. The normalized spacial score (nSPS) is 14.1. The Bertz CT molecular complexity index is 464. The fraction of sp³-hybridized carbons (Fsp3) is 0.625. The molecule has 2 N–H and O–H groups in total. The molecule has 0 unspecified atom stereocenters. The number of nitrogens with one attached hydrogen (secondary N) is 2. The summed E-state index contributed by atoms with van der Waals surface area (Å²) in [7, 11) is 1.65. The highest BCUT2D eigenvalue weighted by atomic mass is 127. The average Bonchev–Trinajstić information content (AvgIpc) is 3.36. The second-order valence-electron chi connectivity index (χ2n) is 5.37. The standard InChI is InChI=1S/C16H26N4O2.HI/c1-3-17-16(19-10-13-4-5-13)20-12-14-6-7-15(18-11-14)22-9-8-21-2;/h6-7,11,13H,3-5,8-10,12H2,1-2H3,(H2,17,19,20);1H. The Morgan fingerprint density at radius 3 is 2.74 bits per heavy atom. The molecule has 7 heteroatoms. The quantitative estimate of drug-likeness (QED) is 0.270. The fourth-order valence-electron chi connectivity index (χ4n) is 1.89. The van der Waals surface area contributed by atoms with Crippen molar-refractivity contribution in [3.8, 4) is 5.88 Å². The average molecular weight is 434 g/mol. The molecule has 1 aromatic rings. The van der Waals surface area contributed by atoms with Crippen LogP contribution in [-0.4, -0.2) is 44.4 Å². The molecule has 0 radical (unpaired) electrons. The summed E-state index contributed by atoms with van der Waals surface area (Å²) in [5.41, 5.74) is 1.06. The third kappa shape index (κ3) is 8.36. The molecule has 0 aliphatic heterocycles. The molecule has 2 rings (SSSR count). The van der Waals surface area contributed by atoms with E-state index in [0.29, 0.717) is 25.6 Å². The Kier molecular flexibility index (Phi) is 9.93. The predicted octanol–water partition coefficient (Wildman–Crippen LogP) is 2.19. The zero-order valence-electron chi connectivity index (χ0n) is 13.9.